The summed E-state index contributed by atoms with van der Waals surface area (Å²) in [6.45, 7) is 0.503. The molecule has 0 aliphatic carbocycles. The van der Waals surface area contributed by atoms with E-state index >= 15 is 0 Å². The van der Waals surface area contributed by atoms with E-state index in [-0.39, 0.29) is 12.4 Å². The number of benzene rings is 1. The number of carbonyl (C=O) groups is 1. The lowest BCUT2D eigenvalue weighted by Gasteiger charge is -2.21. The molecule has 98 valence electrons. The highest BCUT2D eigenvalue weighted by atomic mass is 35.5. The Morgan fingerprint density at radius 2 is 2.22 bits per heavy atom. The smallest absolute Gasteiger partial charge is 0.307 e. The summed E-state index contributed by atoms with van der Waals surface area (Å²) in [7, 11) is 3.21. The molecule has 0 heterocycles. The minimum Gasteiger partial charge on any atom is -0.469 e. The van der Waals surface area contributed by atoms with E-state index < -0.39 is 0 Å². The fraction of sp³-hybridized carbons (Fsp3) is 0.333. The van der Waals surface area contributed by atoms with E-state index in [1.54, 1.807) is 18.2 Å². The van der Waals surface area contributed by atoms with Crippen LogP contribution in [-0.4, -0.2) is 31.7 Å². The molecule has 0 radical (unpaired) electrons. The summed E-state index contributed by atoms with van der Waals surface area (Å²) in [6.07, 6.45) is 0.288. The van der Waals surface area contributed by atoms with Crippen molar-refractivity contribution in [3.8, 4) is 0 Å². The van der Waals surface area contributed by atoms with Crippen molar-refractivity contribution in [2.75, 3.05) is 25.6 Å². The van der Waals surface area contributed by atoms with Gasteiger partial charge in [0.05, 0.1) is 13.5 Å². The van der Waals surface area contributed by atoms with Gasteiger partial charge in [-0.15, -0.1) is 0 Å². The standard InChI is InChI=1S/C12H15ClN2O2S/c1-15(6-5-11(16)17-2)10-7-8(13)3-4-9(10)12(14)18/h3-4,7H,5-6H2,1-2H3,(H2,14,18). The molecular weight excluding hydrogens is 272 g/mol. The van der Waals surface area contributed by atoms with E-state index in [4.69, 9.17) is 29.6 Å². The summed E-state index contributed by atoms with van der Waals surface area (Å²) < 4.78 is 4.60. The summed E-state index contributed by atoms with van der Waals surface area (Å²) in [5, 5.41) is 0.593. The molecule has 0 atom stereocenters. The van der Waals surface area contributed by atoms with Gasteiger partial charge in [0.25, 0.3) is 0 Å². The lowest BCUT2D eigenvalue weighted by Crippen LogP contribution is -2.24. The monoisotopic (exact) mass is 286 g/mol. The second-order valence-electron chi connectivity index (χ2n) is 3.77. The molecule has 4 nitrogen and oxygen atoms in total. The van der Waals surface area contributed by atoms with E-state index in [1.165, 1.54) is 7.11 Å². The number of esters is 1. The van der Waals surface area contributed by atoms with Crippen molar-refractivity contribution in [3.05, 3.63) is 28.8 Å². The molecule has 0 saturated heterocycles. The molecule has 1 aromatic carbocycles. The first-order chi connectivity index (χ1) is 8.45. The van der Waals surface area contributed by atoms with Gasteiger partial charge >= 0.3 is 5.97 Å². The molecule has 0 aliphatic heterocycles. The Morgan fingerprint density at radius 3 is 2.78 bits per heavy atom. The van der Waals surface area contributed by atoms with Crippen LogP contribution in [0, 0.1) is 0 Å². The van der Waals surface area contributed by atoms with Crippen LogP contribution in [0.15, 0.2) is 18.2 Å². The average molecular weight is 287 g/mol. The van der Waals surface area contributed by atoms with Crippen molar-refractivity contribution in [3.63, 3.8) is 0 Å². The Morgan fingerprint density at radius 1 is 1.56 bits per heavy atom. The van der Waals surface area contributed by atoms with Crippen molar-refractivity contribution < 1.29 is 9.53 Å². The van der Waals surface area contributed by atoms with Crippen LogP contribution in [0.4, 0.5) is 5.69 Å². The number of hydrogen-bond donors (Lipinski definition) is 1. The van der Waals surface area contributed by atoms with Gasteiger partial charge in [-0.25, -0.2) is 0 Å². The molecule has 0 fully saturated rings. The molecule has 6 heteroatoms. The predicted molar refractivity (Wildman–Crippen MR) is 77.2 cm³/mol. The Labute approximate surface area is 117 Å². The van der Waals surface area contributed by atoms with Crippen LogP contribution in [-0.2, 0) is 9.53 Å². The van der Waals surface area contributed by atoms with Crippen molar-refractivity contribution in [1.29, 1.82) is 0 Å². The largest absolute Gasteiger partial charge is 0.469 e. The molecule has 2 N–H and O–H groups in total. The van der Waals surface area contributed by atoms with Crippen LogP contribution in [0.5, 0.6) is 0 Å². The summed E-state index contributed by atoms with van der Waals surface area (Å²) in [4.78, 5) is 13.3. The quantitative estimate of drug-likeness (QED) is 0.662. The number of rotatable bonds is 5. The molecule has 0 bridgehead atoms. The Balaban J connectivity index is 2.89. The number of ether oxygens (including phenoxy) is 1. The molecule has 0 amide bonds. The van der Waals surface area contributed by atoms with E-state index in [2.05, 4.69) is 4.74 Å². The number of halogens is 1. The van der Waals surface area contributed by atoms with Crippen LogP contribution in [0.25, 0.3) is 0 Å². The SMILES string of the molecule is COC(=O)CCN(C)c1cc(Cl)ccc1C(N)=S. The number of methoxy groups -OCH3 is 1. The van der Waals surface area contributed by atoms with Crippen LogP contribution >= 0.6 is 23.8 Å². The first kappa shape index (κ1) is 14.7. The number of nitrogens with zero attached hydrogens (tertiary/aromatic N) is 1. The topological polar surface area (TPSA) is 55.6 Å². The summed E-state index contributed by atoms with van der Waals surface area (Å²) >= 11 is 10.9. The number of nitrogens with two attached hydrogens (primary N) is 1. The first-order valence-electron chi connectivity index (χ1n) is 5.33. The van der Waals surface area contributed by atoms with Gasteiger partial charge in [-0.3, -0.25) is 4.79 Å². The Kier molecular flexibility index (Phi) is 5.37. The zero-order valence-electron chi connectivity index (χ0n) is 10.3. The Hall–Kier alpha value is -1.33. The van der Waals surface area contributed by atoms with Crippen LogP contribution < -0.4 is 10.6 Å². The van der Waals surface area contributed by atoms with Gasteiger partial charge in [0.1, 0.15) is 4.99 Å². The third kappa shape index (κ3) is 3.85. The van der Waals surface area contributed by atoms with Gasteiger partial charge in [0, 0.05) is 29.9 Å². The van der Waals surface area contributed by atoms with E-state index in [0.717, 1.165) is 11.3 Å². The number of thiocarbonyl (C=S) groups is 1. The maximum absolute atomic E-state index is 11.1. The molecule has 1 aromatic rings. The van der Waals surface area contributed by atoms with Crippen molar-refractivity contribution in [1.82, 2.24) is 0 Å². The second kappa shape index (κ2) is 6.56. The van der Waals surface area contributed by atoms with E-state index in [9.17, 15) is 4.79 Å². The van der Waals surface area contributed by atoms with Crippen LogP contribution in [0.2, 0.25) is 5.02 Å². The lowest BCUT2D eigenvalue weighted by atomic mass is 10.1. The van der Waals surface area contributed by atoms with Crippen LogP contribution in [0.1, 0.15) is 12.0 Å². The van der Waals surface area contributed by atoms with Gasteiger partial charge in [-0.05, 0) is 18.2 Å². The zero-order chi connectivity index (χ0) is 13.7. The second-order valence-corrected chi connectivity index (χ2v) is 4.65. The number of carbonyl (C=O) groups excluding carboxylic acids is 1. The third-order valence-corrected chi connectivity index (χ3v) is 2.97. The van der Waals surface area contributed by atoms with E-state index in [0.29, 0.717) is 16.6 Å². The lowest BCUT2D eigenvalue weighted by molar-refractivity contribution is -0.140. The third-order valence-electron chi connectivity index (χ3n) is 2.52. The van der Waals surface area contributed by atoms with Crippen molar-refractivity contribution >= 4 is 40.5 Å². The highest BCUT2D eigenvalue weighted by Gasteiger charge is 2.12. The summed E-state index contributed by atoms with van der Waals surface area (Å²) in [5.74, 6) is -0.263. The van der Waals surface area contributed by atoms with Gasteiger partial charge in [-0.1, -0.05) is 23.8 Å². The van der Waals surface area contributed by atoms with Gasteiger partial charge < -0.3 is 15.4 Å². The maximum Gasteiger partial charge on any atom is 0.307 e. The molecule has 0 aromatic heterocycles. The van der Waals surface area contributed by atoms with Crippen LogP contribution in [0.3, 0.4) is 0 Å². The van der Waals surface area contributed by atoms with E-state index in [1.807, 2.05) is 11.9 Å². The molecule has 0 unspecified atom stereocenters. The van der Waals surface area contributed by atoms with Gasteiger partial charge in [-0.2, -0.15) is 0 Å². The fourth-order valence-electron chi connectivity index (χ4n) is 1.51. The van der Waals surface area contributed by atoms with Gasteiger partial charge in [0.2, 0.25) is 0 Å². The van der Waals surface area contributed by atoms with Gasteiger partial charge in [0.15, 0.2) is 0 Å². The average Bonchev–Trinajstić information content (AvgIpc) is 2.34. The molecular formula is C12H15ClN2O2S. The number of anilines is 1. The summed E-state index contributed by atoms with van der Waals surface area (Å²) in [6, 6.07) is 5.27. The predicted octanol–water partition coefficient (Wildman–Crippen LogP) is 1.97. The molecule has 0 spiro atoms. The molecule has 0 aliphatic rings. The maximum atomic E-state index is 11.1. The molecule has 0 saturated carbocycles. The molecule has 1 rings (SSSR count). The van der Waals surface area contributed by atoms with Crippen molar-refractivity contribution in [2.45, 2.75) is 6.42 Å². The number of hydrogen-bond acceptors (Lipinski definition) is 4. The van der Waals surface area contributed by atoms with Crippen molar-refractivity contribution in [2.24, 2.45) is 5.73 Å². The highest BCUT2D eigenvalue weighted by Crippen LogP contribution is 2.24. The molecule has 18 heavy (non-hydrogen) atoms. The zero-order valence-corrected chi connectivity index (χ0v) is 11.8. The first-order valence-corrected chi connectivity index (χ1v) is 6.11. The fourth-order valence-corrected chi connectivity index (χ4v) is 1.85. The Bertz CT molecular complexity index is 465. The minimum absolute atomic E-state index is 0.263. The highest BCUT2D eigenvalue weighted by molar-refractivity contribution is 7.80. The minimum atomic E-state index is -0.263. The normalized spacial score (nSPS) is 9.94. The summed E-state index contributed by atoms with van der Waals surface area (Å²) in [5.41, 5.74) is 7.20.